The monoisotopic (exact) mass is 394 g/mol. The van der Waals surface area contributed by atoms with Crippen LogP contribution in [0.4, 0.5) is 13.2 Å². The minimum Gasteiger partial charge on any atom is -0.508 e. The second-order valence-corrected chi connectivity index (χ2v) is 6.29. The topological polar surface area (TPSA) is 44.7 Å². The molecule has 2 aromatic rings. The first-order valence-corrected chi connectivity index (χ1v) is 8.44. The van der Waals surface area contributed by atoms with Crippen LogP contribution in [0.2, 0.25) is 0 Å². The number of rotatable bonds is 4. The third-order valence-electron chi connectivity index (χ3n) is 3.90. The second kappa shape index (κ2) is 8.27. The van der Waals surface area contributed by atoms with E-state index in [-0.39, 0.29) is 29.9 Å². The highest BCUT2D eigenvalue weighted by Gasteiger charge is 2.32. The molecule has 2 heterocycles. The Morgan fingerprint density at radius 1 is 1.20 bits per heavy atom. The van der Waals surface area contributed by atoms with E-state index in [0.717, 1.165) is 37.8 Å². The van der Waals surface area contributed by atoms with Crippen molar-refractivity contribution >= 4 is 23.7 Å². The Bertz CT molecular complexity index is 677. The van der Waals surface area contributed by atoms with Crippen LogP contribution in [-0.2, 0) is 0 Å². The Labute approximate surface area is 153 Å². The van der Waals surface area contributed by atoms with Crippen LogP contribution in [0.15, 0.2) is 35.0 Å². The lowest BCUT2D eigenvalue weighted by Crippen LogP contribution is -2.45. The molecule has 1 atom stereocenters. The first-order chi connectivity index (χ1) is 11.4. The summed E-state index contributed by atoms with van der Waals surface area (Å²) in [7, 11) is 0. The molecule has 138 valence electrons. The van der Waals surface area contributed by atoms with Gasteiger partial charge in [-0.15, -0.1) is 25.6 Å². The number of nitrogens with one attached hydrogen (secondary N) is 1. The van der Waals surface area contributed by atoms with Crippen molar-refractivity contribution in [3.8, 4) is 11.5 Å². The van der Waals surface area contributed by atoms with Crippen molar-refractivity contribution in [2.75, 3.05) is 26.2 Å². The van der Waals surface area contributed by atoms with Crippen molar-refractivity contribution < 1.29 is 23.0 Å². The van der Waals surface area contributed by atoms with Gasteiger partial charge in [-0.2, -0.15) is 11.3 Å². The summed E-state index contributed by atoms with van der Waals surface area (Å²) in [6.45, 7) is 3.06. The van der Waals surface area contributed by atoms with Crippen molar-refractivity contribution in [2.24, 2.45) is 0 Å². The molecule has 4 nitrogen and oxygen atoms in total. The average Bonchev–Trinajstić information content (AvgIpc) is 3.04. The lowest BCUT2D eigenvalue weighted by molar-refractivity contribution is -0.274. The van der Waals surface area contributed by atoms with Crippen molar-refractivity contribution in [2.45, 2.75) is 12.4 Å². The lowest BCUT2D eigenvalue weighted by Gasteiger charge is -2.35. The standard InChI is InChI=1S/C16H17F3N2O2S.ClH/c17-16(18,19)23-12-1-2-14(22)13(9-12)15(11-3-8-24-10-11)21-6-4-20-5-7-21;/h1-3,8-10,15,20,22H,4-7H2;1H/t15-;/m0./s1. The first kappa shape index (κ1) is 19.8. The second-order valence-electron chi connectivity index (χ2n) is 5.51. The van der Waals surface area contributed by atoms with Crippen LogP contribution in [0.1, 0.15) is 17.2 Å². The maximum absolute atomic E-state index is 12.5. The number of phenols is 1. The third-order valence-corrected chi connectivity index (χ3v) is 4.60. The van der Waals surface area contributed by atoms with Crippen LogP contribution in [0, 0.1) is 0 Å². The molecule has 1 aliphatic heterocycles. The number of phenolic OH excluding ortho intramolecular Hbond substituents is 1. The molecule has 0 aliphatic carbocycles. The van der Waals surface area contributed by atoms with Crippen molar-refractivity contribution in [3.63, 3.8) is 0 Å². The summed E-state index contributed by atoms with van der Waals surface area (Å²) in [4.78, 5) is 2.14. The van der Waals surface area contributed by atoms with Crippen LogP contribution in [0.3, 0.4) is 0 Å². The van der Waals surface area contributed by atoms with Crippen molar-refractivity contribution in [3.05, 3.63) is 46.2 Å². The van der Waals surface area contributed by atoms with Crippen LogP contribution < -0.4 is 10.1 Å². The number of aromatic hydroxyl groups is 1. The molecule has 0 unspecified atom stereocenters. The van der Waals surface area contributed by atoms with E-state index in [1.165, 1.54) is 23.5 Å². The Morgan fingerprint density at radius 3 is 2.52 bits per heavy atom. The molecule has 0 amide bonds. The normalized spacial score (nSPS) is 16.9. The zero-order valence-electron chi connectivity index (χ0n) is 13.1. The maximum atomic E-state index is 12.5. The van der Waals surface area contributed by atoms with Crippen LogP contribution in [0.25, 0.3) is 0 Å². The van der Waals surface area contributed by atoms with E-state index >= 15 is 0 Å². The number of hydrogen-bond acceptors (Lipinski definition) is 5. The van der Waals surface area contributed by atoms with Gasteiger partial charge in [-0.25, -0.2) is 0 Å². The number of halogens is 4. The van der Waals surface area contributed by atoms with Crippen molar-refractivity contribution in [1.29, 1.82) is 0 Å². The van der Waals surface area contributed by atoms with E-state index in [4.69, 9.17) is 0 Å². The van der Waals surface area contributed by atoms with Crippen LogP contribution in [0.5, 0.6) is 11.5 Å². The third kappa shape index (κ3) is 5.01. The number of thiophene rings is 1. The smallest absolute Gasteiger partial charge is 0.508 e. The molecule has 25 heavy (non-hydrogen) atoms. The van der Waals surface area contributed by atoms with Crippen LogP contribution >= 0.6 is 23.7 Å². The zero-order chi connectivity index (χ0) is 17.2. The number of alkyl halides is 3. The number of ether oxygens (including phenoxy) is 1. The SMILES string of the molecule is Cl.Oc1ccc(OC(F)(F)F)cc1[C@H](c1ccsc1)N1CCNCC1. The molecule has 2 N–H and O–H groups in total. The predicted octanol–water partition coefficient (Wildman–Crippen LogP) is 3.77. The minimum atomic E-state index is -4.76. The molecule has 1 aromatic carbocycles. The molecule has 1 aliphatic rings. The fourth-order valence-electron chi connectivity index (χ4n) is 2.91. The Hall–Kier alpha value is -1.48. The van der Waals surface area contributed by atoms with E-state index in [2.05, 4.69) is 15.0 Å². The van der Waals surface area contributed by atoms with Gasteiger partial charge in [0.05, 0.1) is 6.04 Å². The highest BCUT2D eigenvalue weighted by Crippen LogP contribution is 2.38. The molecule has 9 heteroatoms. The van der Waals surface area contributed by atoms with Gasteiger partial charge in [-0.3, -0.25) is 4.90 Å². The highest BCUT2D eigenvalue weighted by atomic mass is 35.5. The largest absolute Gasteiger partial charge is 0.573 e. The fraction of sp³-hybridized carbons (Fsp3) is 0.375. The van der Waals surface area contributed by atoms with Gasteiger partial charge in [0, 0.05) is 31.7 Å². The molecular weight excluding hydrogens is 377 g/mol. The predicted molar refractivity (Wildman–Crippen MR) is 92.6 cm³/mol. The Balaban J connectivity index is 0.00000225. The molecule has 0 spiro atoms. The summed E-state index contributed by atoms with van der Waals surface area (Å²) in [5.74, 6) is -0.370. The molecule has 0 radical (unpaired) electrons. The molecular formula is C16H18ClF3N2O2S. The van der Waals surface area contributed by atoms with E-state index in [0.29, 0.717) is 5.56 Å². The molecule has 0 bridgehead atoms. The quantitative estimate of drug-likeness (QED) is 0.828. The van der Waals surface area contributed by atoms with Gasteiger partial charge >= 0.3 is 6.36 Å². The van der Waals surface area contributed by atoms with Gasteiger partial charge < -0.3 is 15.2 Å². The van der Waals surface area contributed by atoms with Gasteiger partial charge in [0.2, 0.25) is 0 Å². The van der Waals surface area contributed by atoms with E-state index in [1.54, 1.807) is 0 Å². The minimum absolute atomic E-state index is 0. The van der Waals surface area contributed by atoms with Crippen molar-refractivity contribution in [1.82, 2.24) is 10.2 Å². The number of benzene rings is 1. The Kier molecular flexibility index (Phi) is 6.56. The van der Waals surface area contributed by atoms with Gasteiger partial charge in [0.25, 0.3) is 0 Å². The first-order valence-electron chi connectivity index (χ1n) is 7.49. The summed E-state index contributed by atoms with van der Waals surface area (Å²) in [5.41, 5.74) is 1.36. The molecule has 1 saturated heterocycles. The van der Waals surface area contributed by atoms with Gasteiger partial charge in [-0.05, 0) is 40.6 Å². The number of hydrogen-bond donors (Lipinski definition) is 2. The van der Waals surface area contributed by atoms with Gasteiger partial charge in [0.15, 0.2) is 0 Å². The maximum Gasteiger partial charge on any atom is 0.573 e. The van der Waals surface area contributed by atoms with Crippen LogP contribution in [-0.4, -0.2) is 42.5 Å². The molecule has 0 saturated carbocycles. The summed E-state index contributed by atoms with van der Waals surface area (Å²) in [5, 5.41) is 17.4. The lowest BCUT2D eigenvalue weighted by atomic mass is 9.97. The van der Waals surface area contributed by atoms with Gasteiger partial charge in [-0.1, -0.05) is 0 Å². The molecule has 3 rings (SSSR count). The van der Waals surface area contributed by atoms with Gasteiger partial charge in [0.1, 0.15) is 11.5 Å². The number of nitrogens with zero attached hydrogens (tertiary/aromatic N) is 1. The molecule has 1 aromatic heterocycles. The summed E-state index contributed by atoms with van der Waals surface area (Å²) >= 11 is 1.51. The van der Waals surface area contributed by atoms with E-state index in [1.807, 2.05) is 16.8 Å². The average molecular weight is 395 g/mol. The van der Waals surface area contributed by atoms with E-state index < -0.39 is 6.36 Å². The highest BCUT2D eigenvalue weighted by molar-refractivity contribution is 7.08. The molecule has 1 fully saturated rings. The summed E-state index contributed by atoms with van der Waals surface area (Å²) in [6.07, 6.45) is -4.76. The summed E-state index contributed by atoms with van der Waals surface area (Å²) in [6, 6.07) is 5.25. The van der Waals surface area contributed by atoms with E-state index in [9.17, 15) is 18.3 Å². The fourth-order valence-corrected chi connectivity index (χ4v) is 3.59. The Morgan fingerprint density at radius 2 is 1.92 bits per heavy atom. The number of piperazine rings is 1. The zero-order valence-corrected chi connectivity index (χ0v) is 14.8. The summed E-state index contributed by atoms with van der Waals surface area (Å²) < 4.78 is 41.5.